The van der Waals surface area contributed by atoms with Crippen LogP contribution in [0.15, 0.2) is 231 Å². The third kappa shape index (κ3) is 5.58. The molecule has 11 aromatic rings. The van der Waals surface area contributed by atoms with Crippen molar-refractivity contribution >= 4 is 21.8 Å². The normalized spacial score (nSPS) is 12.6. The van der Waals surface area contributed by atoms with Crippen LogP contribution >= 0.6 is 0 Å². The molecule has 0 spiro atoms. The first kappa shape index (κ1) is 35.7. The van der Waals surface area contributed by atoms with Crippen LogP contribution in [0.5, 0.6) is 0 Å². The number of rotatable bonds is 7. The fourth-order valence-electron chi connectivity index (χ4n) is 9.85. The molecule has 2 heterocycles. The van der Waals surface area contributed by atoms with Gasteiger partial charge < -0.3 is 4.57 Å². The number of aromatic nitrogens is 4. The summed E-state index contributed by atoms with van der Waals surface area (Å²) in [6.45, 7) is 0. The lowest BCUT2D eigenvalue weighted by molar-refractivity contribution is 0.769. The molecule has 0 aliphatic heterocycles. The van der Waals surface area contributed by atoms with E-state index < -0.39 is 5.41 Å². The van der Waals surface area contributed by atoms with E-state index in [1.54, 1.807) is 0 Å². The summed E-state index contributed by atoms with van der Waals surface area (Å²) >= 11 is 0. The molecule has 290 valence electrons. The summed E-state index contributed by atoms with van der Waals surface area (Å²) in [5.41, 5.74) is 15.5. The summed E-state index contributed by atoms with van der Waals surface area (Å²) in [5.74, 6) is 1.90. The Bertz CT molecular complexity index is 3340. The van der Waals surface area contributed by atoms with Gasteiger partial charge >= 0.3 is 0 Å². The topological polar surface area (TPSA) is 43.6 Å². The summed E-state index contributed by atoms with van der Waals surface area (Å²) in [7, 11) is 0. The Kier molecular flexibility index (Phi) is 8.36. The van der Waals surface area contributed by atoms with Gasteiger partial charge in [0.15, 0.2) is 17.5 Å². The largest absolute Gasteiger partial charge is 0.309 e. The molecule has 4 heteroatoms. The van der Waals surface area contributed by atoms with Crippen LogP contribution in [0.3, 0.4) is 0 Å². The van der Waals surface area contributed by atoms with Crippen LogP contribution < -0.4 is 0 Å². The van der Waals surface area contributed by atoms with Gasteiger partial charge in [-0.2, -0.15) is 0 Å². The van der Waals surface area contributed by atoms with Crippen LogP contribution in [0.4, 0.5) is 0 Å². The number of fused-ring (bicyclic) bond motifs is 7. The first-order valence-electron chi connectivity index (χ1n) is 21.1. The van der Waals surface area contributed by atoms with Gasteiger partial charge in [-0.05, 0) is 74.8 Å². The zero-order valence-corrected chi connectivity index (χ0v) is 33.7. The van der Waals surface area contributed by atoms with Crippen molar-refractivity contribution in [2.75, 3.05) is 0 Å². The number of hydrogen-bond donors (Lipinski definition) is 0. The van der Waals surface area contributed by atoms with Gasteiger partial charge in [0, 0.05) is 33.2 Å². The minimum Gasteiger partial charge on any atom is -0.309 e. The smallest absolute Gasteiger partial charge is 0.164 e. The molecule has 62 heavy (non-hydrogen) atoms. The molecular formula is C58H38N4. The zero-order valence-electron chi connectivity index (χ0n) is 33.7. The van der Waals surface area contributed by atoms with Crippen molar-refractivity contribution in [3.05, 3.63) is 253 Å². The molecule has 0 saturated heterocycles. The molecule has 0 N–H and O–H groups in total. The molecule has 0 atom stereocenters. The quantitative estimate of drug-likeness (QED) is 0.161. The Morgan fingerprint density at radius 1 is 0.339 bits per heavy atom. The van der Waals surface area contributed by atoms with E-state index in [2.05, 4.69) is 174 Å². The standard InChI is InChI=1S/C58H38N4/c1-6-19-39(20-7-1)42-33-35-51-48(38-42)54-52(36-34-50-53(54)47-31-16-17-32-49(47)58(50,44-26-12-4-13-27-44)45-28-14-5-15-29-45)62(51)46-30-18-25-43(37-46)57-60-55(40-21-8-2-9-22-40)59-56(61-57)41-23-10-3-11-24-41/h1-38H. The Hall–Kier alpha value is -8.21. The third-order valence-electron chi connectivity index (χ3n) is 12.5. The van der Waals surface area contributed by atoms with E-state index >= 15 is 0 Å². The van der Waals surface area contributed by atoms with Gasteiger partial charge in [-0.15, -0.1) is 0 Å². The summed E-state index contributed by atoms with van der Waals surface area (Å²) < 4.78 is 2.42. The fourth-order valence-corrected chi connectivity index (χ4v) is 9.85. The lowest BCUT2D eigenvalue weighted by atomic mass is 9.67. The molecule has 0 bridgehead atoms. The Balaban J connectivity index is 1.14. The van der Waals surface area contributed by atoms with Crippen LogP contribution in [-0.4, -0.2) is 19.5 Å². The molecule has 0 radical (unpaired) electrons. The summed E-state index contributed by atoms with van der Waals surface area (Å²) in [5, 5.41) is 2.44. The van der Waals surface area contributed by atoms with Gasteiger partial charge in [0.05, 0.1) is 16.4 Å². The highest BCUT2D eigenvalue weighted by Crippen LogP contribution is 2.59. The Morgan fingerprint density at radius 2 is 0.839 bits per heavy atom. The van der Waals surface area contributed by atoms with E-state index in [0.29, 0.717) is 17.5 Å². The maximum Gasteiger partial charge on any atom is 0.164 e. The molecule has 0 unspecified atom stereocenters. The van der Waals surface area contributed by atoms with Gasteiger partial charge in [-0.3, -0.25) is 0 Å². The molecular weight excluding hydrogens is 753 g/mol. The highest BCUT2D eigenvalue weighted by Gasteiger charge is 2.47. The average Bonchev–Trinajstić information content (AvgIpc) is 3.86. The molecule has 2 aromatic heterocycles. The number of nitrogens with zero attached hydrogens (tertiary/aromatic N) is 4. The lowest BCUT2D eigenvalue weighted by Crippen LogP contribution is -2.28. The van der Waals surface area contributed by atoms with Crippen LogP contribution in [0.25, 0.3) is 83.9 Å². The highest BCUT2D eigenvalue weighted by molar-refractivity contribution is 6.19. The Morgan fingerprint density at radius 3 is 1.45 bits per heavy atom. The second kappa shape index (κ2) is 14.5. The maximum atomic E-state index is 5.11. The van der Waals surface area contributed by atoms with E-state index in [4.69, 9.17) is 15.0 Å². The molecule has 0 amide bonds. The minimum absolute atomic E-state index is 0.514. The van der Waals surface area contributed by atoms with Gasteiger partial charge in [0.25, 0.3) is 0 Å². The Labute approximate surface area is 360 Å². The summed E-state index contributed by atoms with van der Waals surface area (Å²) in [4.78, 5) is 15.2. The fraction of sp³-hybridized carbons (Fsp3) is 0.0172. The van der Waals surface area contributed by atoms with E-state index in [9.17, 15) is 0 Å². The van der Waals surface area contributed by atoms with Crippen LogP contribution in [0, 0.1) is 0 Å². The molecule has 1 aliphatic rings. The first-order valence-corrected chi connectivity index (χ1v) is 21.1. The van der Waals surface area contributed by atoms with Crippen LogP contribution in [0.1, 0.15) is 22.3 Å². The second-order valence-corrected chi connectivity index (χ2v) is 15.9. The average molecular weight is 791 g/mol. The SMILES string of the molecule is c1ccc(-c2ccc3c(c2)c2c4c(ccc2n3-c2cccc(-c3nc(-c5ccccc5)nc(-c5ccccc5)n3)c2)C(c2ccccc2)(c2ccccc2)c2ccccc2-4)cc1. The number of hydrogen-bond acceptors (Lipinski definition) is 3. The molecule has 12 rings (SSSR count). The zero-order chi connectivity index (χ0) is 41.0. The van der Waals surface area contributed by atoms with Crippen molar-refractivity contribution in [3.8, 4) is 62.1 Å². The maximum absolute atomic E-state index is 5.11. The molecule has 0 saturated carbocycles. The number of benzene rings is 9. The summed E-state index contributed by atoms with van der Waals surface area (Å²) in [6.07, 6.45) is 0. The predicted molar refractivity (Wildman–Crippen MR) is 253 cm³/mol. The van der Waals surface area contributed by atoms with Gasteiger partial charge in [-0.1, -0.05) is 200 Å². The molecule has 9 aromatic carbocycles. The van der Waals surface area contributed by atoms with Crippen LogP contribution in [0.2, 0.25) is 0 Å². The minimum atomic E-state index is -0.514. The van der Waals surface area contributed by atoms with Crippen molar-refractivity contribution < 1.29 is 0 Å². The van der Waals surface area contributed by atoms with Crippen molar-refractivity contribution in [2.24, 2.45) is 0 Å². The van der Waals surface area contributed by atoms with Gasteiger partial charge in [-0.25, -0.2) is 15.0 Å². The van der Waals surface area contributed by atoms with E-state index in [-0.39, 0.29) is 0 Å². The molecule has 1 aliphatic carbocycles. The van der Waals surface area contributed by atoms with Crippen molar-refractivity contribution in [1.82, 2.24) is 19.5 Å². The molecule has 0 fully saturated rings. The third-order valence-corrected chi connectivity index (χ3v) is 12.5. The van der Waals surface area contributed by atoms with Crippen molar-refractivity contribution in [3.63, 3.8) is 0 Å². The monoisotopic (exact) mass is 790 g/mol. The predicted octanol–water partition coefficient (Wildman–Crippen LogP) is 14.0. The van der Waals surface area contributed by atoms with Crippen molar-refractivity contribution in [1.29, 1.82) is 0 Å². The lowest BCUT2D eigenvalue weighted by Gasteiger charge is -2.33. The van der Waals surface area contributed by atoms with E-state index in [1.807, 2.05) is 60.7 Å². The van der Waals surface area contributed by atoms with Crippen LogP contribution in [-0.2, 0) is 5.41 Å². The van der Waals surface area contributed by atoms with E-state index in [1.165, 1.54) is 55.3 Å². The van der Waals surface area contributed by atoms with E-state index in [0.717, 1.165) is 33.4 Å². The van der Waals surface area contributed by atoms with Gasteiger partial charge in [0.1, 0.15) is 0 Å². The molecule has 4 nitrogen and oxygen atoms in total. The second-order valence-electron chi connectivity index (χ2n) is 15.9. The first-order chi connectivity index (χ1) is 30.8. The van der Waals surface area contributed by atoms with Gasteiger partial charge in [0.2, 0.25) is 0 Å². The van der Waals surface area contributed by atoms with Crippen molar-refractivity contribution in [2.45, 2.75) is 5.41 Å². The highest BCUT2D eigenvalue weighted by atomic mass is 15.0. The summed E-state index contributed by atoms with van der Waals surface area (Å²) in [6, 6.07) is 82.4.